The Kier molecular flexibility index (Phi) is 1.45. The van der Waals surface area contributed by atoms with Crippen molar-refractivity contribution in [3.63, 3.8) is 0 Å². The van der Waals surface area contributed by atoms with Gasteiger partial charge in [-0.25, -0.2) is 0 Å². The molecular formula is C18H21NO3. The van der Waals surface area contributed by atoms with Gasteiger partial charge >= 0.3 is 0 Å². The predicted octanol–water partition coefficient (Wildman–Crippen LogP) is 1.50. The Morgan fingerprint density at radius 3 is 3.27 bits per heavy atom. The van der Waals surface area contributed by atoms with E-state index in [0.717, 1.165) is 4.90 Å². The molecular weight excluding hydrogens is 278 g/mol. The molecule has 4 nitrogen and oxygen atoms in total. The van der Waals surface area contributed by atoms with Gasteiger partial charge in [-0.3, -0.25) is 0 Å². The van der Waals surface area contributed by atoms with Crippen LogP contribution in [0.4, 0.5) is 0 Å². The lowest BCUT2D eigenvalue weighted by Crippen LogP contribution is -2.64. The summed E-state index contributed by atoms with van der Waals surface area (Å²) < 4.78 is 71.9. The topological polar surface area (TPSA) is 41.9 Å². The summed E-state index contributed by atoms with van der Waals surface area (Å²) in [7, 11) is 1.45. The molecule has 0 radical (unpaired) electrons. The lowest BCUT2D eigenvalue weighted by molar-refractivity contribution is -0.0453. The SMILES string of the molecule is [2H]C([2H])([2H])N1CC[C@]23c4c5ccc(OC)c4OC2C(O)C=C[C@@]3([2H])[C@@]1([2H])C5([2H])[2H]. The minimum absolute atomic E-state index is 0.116. The van der Waals surface area contributed by atoms with Crippen LogP contribution in [-0.4, -0.2) is 48.9 Å². The van der Waals surface area contributed by atoms with E-state index in [-0.39, 0.29) is 24.3 Å². The number of aliphatic hydroxyl groups excluding tert-OH is 1. The third kappa shape index (κ3) is 1.28. The van der Waals surface area contributed by atoms with E-state index in [0.29, 0.717) is 11.3 Å². The lowest BCUT2D eigenvalue weighted by Gasteiger charge is -2.56. The molecule has 4 aliphatic rings. The molecule has 5 rings (SSSR count). The minimum atomic E-state index is -2.77. The summed E-state index contributed by atoms with van der Waals surface area (Å²) in [6.07, 6.45) is -1.76. The van der Waals surface area contributed by atoms with Gasteiger partial charge in [-0.2, -0.15) is 0 Å². The van der Waals surface area contributed by atoms with Gasteiger partial charge in [-0.1, -0.05) is 18.2 Å². The summed E-state index contributed by atoms with van der Waals surface area (Å²) in [5.41, 5.74) is -0.737. The number of likely N-dealkylation sites (tertiary alicyclic amines) is 1. The van der Waals surface area contributed by atoms with Crippen molar-refractivity contribution in [2.45, 2.75) is 36.4 Å². The Bertz CT molecular complexity index is 950. The quantitative estimate of drug-likeness (QED) is 0.799. The maximum Gasteiger partial charge on any atom is 0.165 e. The van der Waals surface area contributed by atoms with Crippen molar-refractivity contribution in [1.82, 2.24) is 4.90 Å². The van der Waals surface area contributed by atoms with Crippen LogP contribution < -0.4 is 9.47 Å². The van der Waals surface area contributed by atoms with Crippen LogP contribution in [0.25, 0.3) is 0 Å². The smallest absolute Gasteiger partial charge is 0.165 e. The summed E-state index contributed by atoms with van der Waals surface area (Å²) in [6.45, 7) is -2.90. The van der Waals surface area contributed by atoms with Gasteiger partial charge in [0, 0.05) is 32.5 Å². The number of piperidine rings is 1. The molecule has 0 aromatic heterocycles. The zero-order valence-corrected chi connectivity index (χ0v) is 12.1. The highest BCUT2D eigenvalue weighted by Crippen LogP contribution is 2.62. The fraction of sp³-hybridized carbons (Fsp3) is 0.556. The van der Waals surface area contributed by atoms with E-state index in [1.165, 1.54) is 31.4 Å². The van der Waals surface area contributed by atoms with Gasteiger partial charge in [0.2, 0.25) is 0 Å². The van der Waals surface area contributed by atoms with Gasteiger partial charge in [0.15, 0.2) is 11.5 Å². The summed E-state index contributed by atoms with van der Waals surface area (Å²) in [6, 6.07) is 0.544. The number of likely N-dealkylation sites (N-methyl/N-ethyl adjacent to an activating group) is 1. The summed E-state index contributed by atoms with van der Waals surface area (Å²) >= 11 is 0. The first-order chi connectivity index (χ1) is 13.4. The maximum absolute atomic E-state index is 10.7. The molecule has 1 aromatic carbocycles. The molecule has 2 unspecified atom stereocenters. The number of methoxy groups -OCH3 is 1. The summed E-state index contributed by atoms with van der Waals surface area (Å²) in [5.74, 6) is -1.39. The highest BCUT2D eigenvalue weighted by atomic mass is 16.5. The number of hydrogen-bond acceptors (Lipinski definition) is 4. The van der Waals surface area contributed by atoms with E-state index < -0.39 is 42.9 Å². The number of rotatable bonds is 1. The molecule has 5 atom stereocenters. The molecule has 1 aromatic rings. The van der Waals surface area contributed by atoms with Crippen molar-refractivity contribution < 1.29 is 24.2 Å². The first-order valence-corrected chi connectivity index (χ1v) is 7.42. The Labute approximate surface area is 140 Å². The van der Waals surface area contributed by atoms with Crippen LogP contribution in [-0.2, 0) is 11.8 Å². The van der Waals surface area contributed by atoms with Crippen LogP contribution >= 0.6 is 0 Å². The van der Waals surface area contributed by atoms with Crippen LogP contribution in [0.1, 0.15) is 27.1 Å². The number of ether oxygens (including phenoxy) is 2. The minimum Gasteiger partial charge on any atom is -0.493 e. The second kappa shape index (κ2) is 4.06. The molecule has 2 aliphatic carbocycles. The van der Waals surface area contributed by atoms with Gasteiger partial charge in [-0.15, -0.1) is 0 Å². The fourth-order valence-corrected chi connectivity index (χ4v) is 4.35. The van der Waals surface area contributed by atoms with Crippen LogP contribution in [0.3, 0.4) is 0 Å². The molecule has 116 valence electrons. The van der Waals surface area contributed by atoms with Crippen molar-refractivity contribution in [3.05, 3.63) is 35.4 Å². The predicted molar refractivity (Wildman–Crippen MR) is 82.5 cm³/mol. The van der Waals surface area contributed by atoms with Gasteiger partial charge in [-0.05, 0) is 37.9 Å². The largest absolute Gasteiger partial charge is 0.493 e. The van der Waals surface area contributed by atoms with Crippen molar-refractivity contribution in [1.29, 1.82) is 0 Å². The van der Waals surface area contributed by atoms with Gasteiger partial charge in [0.05, 0.1) is 7.11 Å². The Morgan fingerprint density at radius 2 is 2.45 bits per heavy atom. The van der Waals surface area contributed by atoms with Crippen LogP contribution in [0, 0.1) is 5.89 Å². The average molecular weight is 306 g/mol. The van der Waals surface area contributed by atoms with Gasteiger partial charge in [0.25, 0.3) is 0 Å². The molecule has 0 amide bonds. The van der Waals surface area contributed by atoms with E-state index in [4.69, 9.17) is 16.3 Å². The van der Waals surface area contributed by atoms with Crippen molar-refractivity contribution >= 4 is 0 Å². The monoisotopic (exact) mass is 306 g/mol. The summed E-state index contributed by atoms with van der Waals surface area (Å²) in [5, 5.41) is 10.7. The number of benzene rings is 1. The first kappa shape index (κ1) is 7.84. The fourth-order valence-electron chi connectivity index (χ4n) is 4.35. The lowest BCUT2D eigenvalue weighted by atomic mass is 9.53. The van der Waals surface area contributed by atoms with Crippen molar-refractivity contribution in [3.8, 4) is 11.5 Å². The Hall–Kier alpha value is -1.52. The molecule has 0 saturated carbocycles. The second-order valence-electron chi connectivity index (χ2n) is 6.17. The van der Waals surface area contributed by atoms with E-state index in [2.05, 4.69) is 0 Å². The standard InChI is InChI=1S/C18H21NO3/c1-19-8-7-18-11-4-5-13(20)17(18)22-16-14(21-2)6-3-10(15(16)18)9-12(11)19/h3-6,11-13,17,20H,7-9H2,1-2H3/t11-,12+,13?,17?,18-/m0/s1/i1D3,9D2,11D,12D. The number of nitrogens with zero attached hydrogens (tertiary/aromatic N) is 1. The van der Waals surface area contributed by atoms with Crippen LogP contribution in [0.2, 0.25) is 0 Å². The molecule has 1 saturated heterocycles. The first-order valence-electron chi connectivity index (χ1n) is 10.9. The molecule has 2 aliphatic heterocycles. The molecule has 22 heavy (non-hydrogen) atoms. The number of aliphatic hydroxyl groups is 1. The van der Waals surface area contributed by atoms with E-state index in [1.807, 2.05) is 0 Å². The maximum atomic E-state index is 10.7. The van der Waals surface area contributed by atoms with E-state index >= 15 is 0 Å². The molecule has 4 heteroatoms. The molecule has 2 heterocycles. The Balaban J connectivity index is 1.94. The van der Waals surface area contributed by atoms with Crippen LogP contribution in [0.15, 0.2) is 24.3 Å². The molecule has 1 fully saturated rings. The molecule has 2 bridgehead atoms. The zero-order valence-electron chi connectivity index (χ0n) is 19.1. The third-order valence-corrected chi connectivity index (χ3v) is 5.28. The number of hydrogen-bond donors (Lipinski definition) is 1. The van der Waals surface area contributed by atoms with Crippen molar-refractivity contribution in [2.75, 3.05) is 20.6 Å². The van der Waals surface area contributed by atoms with E-state index in [9.17, 15) is 7.85 Å². The highest BCUT2D eigenvalue weighted by Gasteiger charge is 2.64. The second-order valence-corrected chi connectivity index (χ2v) is 6.17. The van der Waals surface area contributed by atoms with Gasteiger partial charge < -0.3 is 19.5 Å². The molecule has 1 spiro atoms. The van der Waals surface area contributed by atoms with Gasteiger partial charge in [0.1, 0.15) is 12.2 Å². The van der Waals surface area contributed by atoms with Crippen molar-refractivity contribution in [2.24, 2.45) is 5.89 Å². The zero-order chi connectivity index (χ0) is 21.2. The Morgan fingerprint density at radius 1 is 1.55 bits per heavy atom. The average Bonchev–Trinajstić information content (AvgIpc) is 2.98. The molecule has 1 N–H and O–H groups in total. The highest BCUT2D eigenvalue weighted by molar-refractivity contribution is 5.62. The van der Waals surface area contributed by atoms with E-state index in [1.54, 1.807) is 0 Å². The summed E-state index contributed by atoms with van der Waals surface area (Å²) in [4.78, 5) is 0.822. The third-order valence-electron chi connectivity index (χ3n) is 5.28. The van der Waals surface area contributed by atoms with Crippen LogP contribution in [0.5, 0.6) is 11.5 Å². The normalized spacial score (nSPS) is 55.3.